The molecule has 44 heavy (non-hydrogen) atoms. The number of amides is 1. The first-order chi connectivity index (χ1) is 21.4. The second-order valence-electron chi connectivity index (χ2n) is 10.6. The summed E-state index contributed by atoms with van der Waals surface area (Å²) in [6.45, 7) is 14.1. The van der Waals surface area contributed by atoms with Crippen molar-refractivity contribution in [2.24, 2.45) is 10.7 Å². The van der Waals surface area contributed by atoms with Crippen LogP contribution < -0.4 is 11.1 Å². The van der Waals surface area contributed by atoms with Crippen LogP contribution in [0.3, 0.4) is 0 Å². The molecule has 0 radical (unpaired) electrons. The third kappa shape index (κ3) is 7.98. The fourth-order valence-electron chi connectivity index (χ4n) is 5.25. The molecule has 0 bridgehead atoms. The van der Waals surface area contributed by atoms with Crippen molar-refractivity contribution < 1.29 is 14.1 Å². The number of nitrogens with one attached hydrogen (secondary N) is 1. The molecule has 5 rings (SSSR count). The van der Waals surface area contributed by atoms with E-state index in [0.717, 1.165) is 49.2 Å². The number of aromatic nitrogens is 2. The SMILES string of the molecule is C/C=C1/C=C(c2ccc(-c3noc(C)n3)cc2Cl)C(=O)N(Cc2ccc(CCN)cc2)/C1=N/C(C)NC1CCOCC1.C=C. The highest BCUT2D eigenvalue weighted by atomic mass is 35.5. The van der Waals surface area contributed by atoms with Crippen LogP contribution in [0.15, 0.2) is 82.9 Å². The van der Waals surface area contributed by atoms with E-state index in [-0.39, 0.29) is 12.1 Å². The molecule has 1 fully saturated rings. The molecule has 10 heteroatoms. The van der Waals surface area contributed by atoms with Gasteiger partial charge < -0.3 is 15.0 Å². The van der Waals surface area contributed by atoms with Crippen LogP contribution in [0, 0.1) is 6.92 Å². The van der Waals surface area contributed by atoms with Crippen molar-refractivity contribution in [1.82, 2.24) is 20.4 Å². The lowest BCUT2D eigenvalue weighted by molar-refractivity contribution is -0.122. The largest absolute Gasteiger partial charge is 0.381 e. The van der Waals surface area contributed by atoms with Crippen LogP contribution in [0.2, 0.25) is 5.02 Å². The lowest BCUT2D eigenvalue weighted by atomic mass is 9.95. The van der Waals surface area contributed by atoms with Crippen molar-refractivity contribution in [3.8, 4) is 11.4 Å². The molecule has 3 heterocycles. The minimum atomic E-state index is -0.198. The Bertz CT molecular complexity index is 1520. The number of benzene rings is 2. The first-order valence-electron chi connectivity index (χ1n) is 14.9. The predicted octanol–water partition coefficient (Wildman–Crippen LogP) is 5.89. The zero-order chi connectivity index (χ0) is 31.6. The highest BCUT2D eigenvalue weighted by Crippen LogP contribution is 2.34. The van der Waals surface area contributed by atoms with Gasteiger partial charge in [0, 0.05) is 53.5 Å². The molecule has 2 aliphatic rings. The van der Waals surface area contributed by atoms with Gasteiger partial charge in [-0.1, -0.05) is 59.2 Å². The minimum Gasteiger partial charge on any atom is -0.381 e. The van der Waals surface area contributed by atoms with Gasteiger partial charge in [-0.15, -0.1) is 13.2 Å². The van der Waals surface area contributed by atoms with E-state index in [1.165, 1.54) is 0 Å². The van der Waals surface area contributed by atoms with Gasteiger partial charge in [-0.25, -0.2) is 4.99 Å². The summed E-state index contributed by atoms with van der Waals surface area (Å²) in [5.74, 6) is 1.36. The average molecular weight is 617 g/mol. The highest BCUT2D eigenvalue weighted by molar-refractivity contribution is 6.37. The smallest absolute Gasteiger partial charge is 0.260 e. The third-order valence-electron chi connectivity index (χ3n) is 7.46. The fourth-order valence-corrected chi connectivity index (χ4v) is 5.53. The normalized spacial score (nSPS) is 18.2. The van der Waals surface area contributed by atoms with Crippen molar-refractivity contribution in [3.05, 3.63) is 101 Å². The molecule has 1 saturated heterocycles. The number of nitrogens with zero attached hydrogens (tertiary/aromatic N) is 4. The van der Waals surface area contributed by atoms with E-state index in [9.17, 15) is 4.79 Å². The monoisotopic (exact) mass is 616 g/mol. The lowest BCUT2D eigenvalue weighted by Crippen LogP contribution is -2.44. The molecule has 0 spiro atoms. The standard InChI is InChI=1S/C32H37ClN6O3.C2H4/c1-4-24-17-28(27-10-9-25(18-29(27)33)30-37-21(3)42-38-30)32(40)39(19-23-7-5-22(6-8-23)11-14-34)31(24)36-20(2)35-26-12-15-41-16-13-26;1-2/h4-10,17-18,20,26,35H,11-16,19,34H2,1-3H3;1-2H2/b24-4-,36-31+;. The van der Waals surface area contributed by atoms with Crippen molar-refractivity contribution in [2.75, 3.05) is 19.8 Å². The molecule has 3 N–H and O–H groups in total. The van der Waals surface area contributed by atoms with Gasteiger partial charge in [-0.3, -0.25) is 15.0 Å². The number of halogens is 1. The van der Waals surface area contributed by atoms with E-state index >= 15 is 0 Å². The maximum absolute atomic E-state index is 14.3. The Labute approximate surface area is 264 Å². The van der Waals surface area contributed by atoms with E-state index < -0.39 is 0 Å². The van der Waals surface area contributed by atoms with Gasteiger partial charge in [0.15, 0.2) is 0 Å². The molecule has 1 atom stereocenters. The maximum Gasteiger partial charge on any atom is 0.260 e. The van der Waals surface area contributed by atoms with Gasteiger partial charge in [0.2, 0.25) is 11.7 Å². The summed E-state index contributed by atoms with van der Waals surface area (Å²) < 4.78 is 10.6. The summed E-state index contributed by atoms with van der Waals surface area (Å²) in [7, 11) is 0. The summed E-state index contributed by atoms with van der Waals surface area (Å²) in [5.41, 5.74) is 10.6. The Kier molecular flexibility index (Phi) is 11.8. The summed E-state index contributed by atoms with van der Waals surface area (Å²) >= 11 is 6.78. The summed E-state index contributed by atoms with van der Waals surface area (Å²) in [6.07, 6.45) is 6.34. The number of aryl methyl sites for hydroxylation is 1. The van der Waals surface area contributed by atoms with E-state index in [1.54, 1.807) is 17.9 Å². The molecule has 2 aromatic carbocycles. The molecule has 1 amide bonds. The molecular formula is C34H41ClN6O3. The van der Waals surface area contributed by atoms with Crippen LogP contribution in [-0.4, -0.2) is 58.7 Å². The van der Waals surface area contributed by atoms with E-state index in [0.29, 0.717) is 58.4 Å². The first-order valence-corrected chi connectivity index (χ1v) is 15.2. The fraction of sp³-hybridized carbons (Fsp3) is 0.353. The number of carbonyl (C=O) groups is 1. The van der Waals surface area contributed by atoms with Crippen molar-refractivity contribution in [1.29, 1.82) is 0 Å². The van der Waals surface area contributed by atoms with Gasteiger partial charge in [-0.2, -0.15) is 4.98 Å². The predicted molar refractivity (Wildman–Crippen MR) is 176 cm³/mol. The first kappa shape index (κ1) is 33.0. The number of ether oxygens (including phenoxy) is 1. The van der Waals surface area contributed by atoms with E-state index in [1.807, 2.05) is 50.3 Å². The quantitative estimate of drug-likeness (QED) is 0.288. The van der Waals surface area contributed by atoms with Crippen LogP contribution in [-0.2, 0) is 22.5 Å². The zero-order valence-electron chi connectivity index (χ0n) is 25.7. The van der Waals surface area contributed by atoms with Crippen molar-refractivity contribution in [2.45, 2.75) is 58.8 Å². The van der Waals surface area contributed by atoms with Crippen molar-refractivity contribution >= 4 is 28.9 Å². The second kappa shape index (κ2) is 15.7. The second-order valence-corrected chi connectivity index (χ2v) is 11.0. The number of aliphatic imine (C=N–C) groups is 1. The topological polar surface area (TPSA) is 119 Å². The van der Waals surface area contributed by atoms with Gasteiger partial charge in [0.05, 0.1) is 12.7 Å². The minimum absolute atomic E-state index is 0.172. The summed E-state index contributed by atoms with van der Waals surface area (Å²) in [6, 6.07) is 14.0. The number of rotatable bonds is 9. The zero-order valence-corrected chi connectivity index (χ0v) is 26.4. The van der Waals surface area contributed by atoms with Crippen LogP contribution in [0.4, 0.5) is 0 Å². The number of hydrogen-bond acceptors (Lipinski definition) is 8. The lowest BCUT2D eigenvalue weighted by Gasteiger charge is -2.32. The molecule has 1 unspecified atom stereocenters. The summed E-state index contributed by atoms with van der Waals surface area (Å²) in [5, 5.41) is 8.01. The van der Waals surface area contributed by atoms with Crippen LogP contribution in [0.1, 0.15) is 49.3 Å². The Morgan fingerprint density at radius 2 is 1.89 bits per heavy atom. The molecule has 2 aliphatic heterocycles. The third-order valence-corrected chi connectivity index (χ3v) is 7.77. The van der Waals surface area contributed by atoms with Gasteiger partial charge >= 0.3 is 0 Å². The molecule has 232 valence electrons. The summed E-state index contributed by atoms with van der Waals surface area (Å²) in [4.78, 5) is 25.3. The molecular weight excluding hydrogens is 576 g/mol. The van der Waals surface area contributed by atoms with E-state index in [2.05, 4.69) is 40.7 Å². The molecule has 0 aliphatic carbocycles. The Morgan fingerprint density at radius 1 is 1.18 bits per heavy atom. The van der Waals surface area contributed by atoms with Gasteiger partial charge in [-0.05, 0) is 62.9 Å². The van der Waals surface area contributed by atoms with Crippen LogP contribution >= 0.6 is 11.6 Å². The average Bonchev–Trinajstić information content (AvgIpc) is 3.48. The van der Waals surface area contributed by atoms with E-state index in [4.69, 9.17) is 31.6 Å². The Balaban J connectivity index is 0.00000216. The van der Waals surface area contributed by atoms with Gasteiger partial charge in [0.1, 0.15) is 5.84 Å². The Hall–Kier alpha value is -3.89. The molecule has 0 saturated carbocycles. The highest BCUT2D eigenvalue weighted by Gasteiger charge is 2.32. The number of hydrogen-bond donors (Lipinski definition) is 2. The van der Waals surface area contributed by atoms with Gasteiger partial charge in [0.25, 0.3) is 5.91 Å². The Morgan fingerprint density at radius 3 is 2.50 bits per heavy atom. The number of carbonyl (C=O) groups excluding carboxylic acids is 1. The molecule has 9 nitrogen and oxygen atoms in total. The maximum atomic E-state index is 14.3. The molecule has 3 aromatic rings. The number of allylic oxidation sites excluding steroid dienone is 1. The van der Waals surface area contributed by atoms with Crippen LogP contribution in [0.25, 0.3) is 17.0 Å². The number of nitrogens with two attached hydrogens (primary N) is 1. The van der Waals surface area contributed by atoms with Crippen molar-refractivity contribution in [3.63, 3.8) is 0 Å². The number of amidine groups is 1. The molecule has 1 aromatic heterocycles. The van der Waals surface area contributed by atoms with Crippen LogP contribution in [0.5, 0.6) is 0 Å².